The zero-order chi connectivity index (χ0) is 17.3. The Hall–Kier alpha value is -1.59. The third-order valence-electron chi connectivity index (χ3n) is 5.77. The highest BCUT2D eigenvalue weighted by molar-refractivity contribution is 5.73. The zero-order valence-corrected chi connectivity index (χ0v) is 14.9. The lowest BCUT2D eigenvalue weighted by molar-refractivity contribution is -0.128. The SMILES string of the molecule is COc1ccc(CN2CC[C@H]3CN(C(C)=O)C[C@@]3(CO)C2)cc1C. The van der Waals surface area contributed by atoms with Gasteiger partial charge in [-0.3, -0.25) is 9.69 Å². The summed E-state index contributed by atoms with van der Waals surface area (Å²) in [7, 11) is 1.69. The standard InChI is InChI=1S/C19H28N2O3/c1-14-8-16(4-5-18(14)24-3)9-20-7-6-17-10-21(15(2)23)12-19(17,11-20)13-22/h4-5,8,17,22H,6-7,9-13H2,1-3H3/t17-,19+/m0/s1. The lowest BCUT2D eigenvalue weighted by Crippen LogP contribution is -2.50. The average Bonchev–Trinajstić information content (AvgIpc) is 2.95. The quantitative estimate of drug-likeness (QED) is 0.911. The second kappa shape index (κ2) is 6.73. The van der Waals surface area contributed by atoms with Crippen molar-refractivity contribution in [2.45, 2.75) is 26.8 Å². The fourth-order valence-electron chi connectivity index (χ4n) is 4.37. The van der Waals surface area contributed by atoms with Gasteiger partial charge in [-0.2, -0.15) is 0 Å². The lowest BCUT2D eigenvalue weighted by Gasteiger charge is -2.43. The van der Waals surface area contributed by atoms with E-state index < -0.39 is 0 Å². The summed E-state index contributed by atoms with van der Waals surface area (Å²) in [5.74, 6) is 1.45. The highest BCUT2D eigenvalue weighted by Gasteiger charge is 2.49. The van der Waals surface area contributed by atoms with Crippen molar-refractivity contribution in [3.05, 3.63) is 29.3 Å². The molecule has 3 rings (SSSR count). The molecule has 5 heteroatoms. The molecule has 1 aromatic rings. The topological polar surface area (TPSA) is 53.0 Å². The van der Waals surface area contributed by atoms with E-state index in [1.54, 1.807) is 14.0 Å². The fraction of sp³-hybridized carbons (Fsp3) is 0.632. The van der Waals surface area contributed by atoms with Gasteiger partial charge in [-0.15, -0.1) is 0 Å². The number of carbonyl (C=O) groups is 1. The van der Waals surface area contributed by atoms with E-state index in [1.807, 2.05) is 11.0 Å². The normalized spacial score (nSPS) is 27.2. The number of likely N-dealkylation sites (tertiary alicyclic amines) is 2. The van der Waals surface area contributed by atoms with Gasteiger partial charge in [0.2, 0.25) is 5.91 Å². The molecule has 0 unspecified atom stereocenters. The third-order valence-corrected chi connectivity index (χ3v) is 5.77. The van der Waals surface area contributed by atoms with Crippen LogP contribution < -0.4 is 4.74 Å². The fourth-order valence-corrected chi connectivity index (χ4v) is 4.37. The largest absolute Gasteiger partial charge is 0.496 e. The number of methoxy groups -OCH3 is 1. The minimum atomic E-state index is -0.161. The van der Waals surface area contributed by atoms with E-state index in [4.69, 9.17) is 4.74 Å². The van der Waals surface area contributed by atoms with Gasteiger partial charge in [0.15, 0.2) is 0 Å². The van der Waals surface area contributed by atoms with Crippen LogP contribution in [0.1, 0.15) is 24.5 Å². The number of aryl methyl sites for hydroxylation is 1. The molecule has 2 aliphatic rings. The van der Waals surface area contributed by atoms with Gasteiger partial charge in [0.1, 0.15) is 5.75 Å². The van der Waals surface area contributed by atoms with Gasteiger partial charge in [0.25, 0.3) is 0 Å². The molecule has 2 heterocycles. The minimum absolute atomic E-state index is 0.120. The number of benzene rings is 1. The molecule has 2 fully saturated rings. The molecule has 1 amide bonds. The summed E-state index contributed by atoms with van der Waals surface area (Å²) in [5.41, 5.74) is 2.25. The molecule has 2 aliphatic heterocycles. The van der Waals surface area contributed by atoms with Crippen LogP contribution in [0.5, 0.6) is 5.75 Å². The van der Waals surface area contributed by atoms with Crippen molar-refractivity contribution in [1.29, 1.82) is 0 Å². The van der Waals surface area contributed by atoms with Gasteiger partial charge >= 0.3 is 0 Å². The third kappa shape index (κ3) is 3.15. The summed E-state index contributed by atoms with van der Waals surface area (Å²) in [5, 5.41) is 10.1. The summed E-state index contributed by atoms with van der Waals surface area (Å²) in [6.45, 7) is 8.06. The maximum absolute atomic E-state index is 11.7. The van der Waals surface area contributed by atoms with Crippen LogP contribution in [-0.2, 0) is 11.3 Å². The van der Waals surface area contributed by atoms with Crippen molar-refractivity contribution in [1.82, 2.24) is 9.80 Å². The summed E-state index contributed by atoms with van der Waals surface area (Å²) < 4.78 is 5.33. The molecule has 132 valence electrons. The van der Waals surface area contributed by atoms with Crippen LogP contribution in [0.4, 0.5) is 0 Å². The molecular weight excluding hydrogens is 304 g/mol. The number of ether oxygens (including phenoxy) is 1. The van der Waals surface area contributed by atoms with E-state index in [0.717, 1.165) is 43.9 Å². The first-order chi connectivity index (χ1) is 11.5. The van der Waals surface area contributed by atoms with E-state index in [-0.39, 0.29) is 17.9 Å². The predicted octanol–water partition coefficient (Wildman–Crippen LogP) is 1.67. The van der Waals surface area contributed by atoms with Crippen molar-refractivity contribution in [3.8, 4) is 5.75 Å². The molecule has 1 aromatic carbocycles. The lowest BCUT2D eigenvalue weighted by atomic mass is 9.74. The van der Waals surface area contributed by atoms with E-state index in [9.17, 15) is 9.90 Å². The van der Waals surface area contributed by atoms with Crippen molar-refractivity contribution in [2.75, 3.05) is 39.9 Å². The molecule has 1 N–H and O–H groups in total. The second-order valence-electron chi connectivity index (χ2n) is 7.42. The summed E-state index contributed by atoms with van der Waals surface area (Å²) in [4.78, 5) is 16.1. The number of hydrogen-bond acceptors (Lipinski definition) is 4. The molecule has 0 spiro atoms. The molecule has 5 nitrogen and oxygen atoms in total. The summed E-state index contributed by atoms with van der Waals surface area (Å²) in [6, 6.07) is 6.30. The zero-order valence-electron chi connectivity index (χ0n) is 14.9. The van der Waals surface area contributed by atoms with Gasteiger partial charge in [-0.1, -0.05) is 12.1 Å². The second-order valence-corrected chi connectivity index (χ2v) is 7.42. The monoisotopic (exact) mass is 332 g/mol. The Morgan fingerprint density at radius 3 is 2.83 bits per heavy atom. The van der Waals surface area contributed by atoms with Crippen molar-refractivity contribution >= 4 is 5.91 Å². The molecule has 0 bridgehead atoms. The maximum Gasteiger partial charge on any atom is 0.219 e. The molecule has 2 saturated heterocycles. The van der Waals surface area contributed by atoms with Crippen molar-refractivity contribution in [3.63, 3.8) is 0 Å². The van der Waals surface area contributed by atoms with Crippen LogP contribution in [0, 0.1) is 18.3 Å². The average molecular weight is 332 g/mol. The Morgan fingerprint density at radius 2 is 2.21 bits per heavy atom. The molecule has 2 atom stereocenters. The smallest absolute Gasteiger partial charge is 0.219 e. The number of fused-ring (bicyclic) bond motifs is 1. The van der Waals surface area contributed by atoms with Gasteiger partial charge in [-0.05, 0) is 43.0 Å². The molecular formula is C19H28N2O3. The van der Waals surface area contributed by atoms with Crippen LogP contribution in [0.15, 0.2) is 18.2 Å². The number of aliphatic hydroxyl groups is 1. The van der Waals surface area contributed by atoms with E-state index in [1.165, 1.54) is 5.56 Å². The molecule has 0 radical (unpaired) electrons. The predicted molar refractivity (Wildman–Crippen MR) is 92.9 cm³/mol. The van der Waals surface area contributed by atoms with E-state index in [0.29, 0.717) is 12.5 Å². The number of hydrogen-bond donors (Lipinski definition) is 1. The number of aliphatic hydroxyl groups excluding tert-OH is 1. The first-order valence-electron chi connectivity index (χ1n) is 8.69. The summed E-state index contributed by atoms with van der Waals surface area (Å²) in [6.07, 6.45) is 1.04. The number of amides is 1. The number of carbonyl (C=O) groups excluding carboxylic acids is 1. The van der Waals surface area contributed by atoms with Crippen LogP contribution in [0.2, 0.25) is 0 Å². The number of rotatable bonds is 4. The first kappa shape index (κ1) is 17.2. The summed E-state index contributed by atoms with van der Waals surface area (Å²) >= 11 is 0. The number of nitrogens with zero attached hydrogens (tertiary/aromatic N) is 2. The molecule has 0 saturated carbocycles. The Labute approximate surface area is 144 Å². The van der Waals surface area contributed by atoms with E-state index >= 15 is 0 Å². The van der Waals surface area contributed by atoms with Crippen molar-refractivity contribution in [2.24, 2.45) is 11.3 Å². The first-order valence-corrected chi connectivity index (χ1v) is 8.69. The highest BCUT2D eigenvalue weighted by atomic mass is 16.5. The Balaban J connectivity index is 1.71. The Morgan fingerprint density at radius 1 is 1.42 bits per heavy atom. The van der Waals surface area contributed by atoms with Gasteiger partial charge in [0, 0.05) is 38.5 Å². The Bertz CT molecular complexity index is 619. The van der Waals surface area contributed by atoms with Crippen LogP contribution in [0.25, 0.3) is 0 Å². The van der Waals surface area contributed by atoms with Crippen LogP contribution >= 0.6 is 0 Å². The molecule has 0 aromatic heterocycles. The maximum atomic E-state index is 11.7. The molecule has 24 heavy (non-hydrogen) atoms. The van der Waals surface area contributed by atoms with Gasteiger partial charge in [0.05, 0.1) is 13.7 Å². The van der Waals surface area contributed by atoms with Crippen LogP contribution in [-0.4, -0.2) is 60.7 Å². The van der Waals surface area contributed by atoms with Crippen LogP contribution in [0.3, 0.4) is 0 Å². The Kier molecular flexibility index (Phi) is 4.83. The minimum Gasteiger partial charge on any atom is -0.496 e. The van der Waals surface area contributed by atoms with Gasteiger partial charge in [-0.25, -0.2) is 0 Å². The van der Waals surface area contributed by atoms with Crippen molar-refractivity contribution < 1.29 is 14.6 Å². The molecule has 0 aliphatic carbocycles. The number of piperidine rings is 1. The van der Waals surface area contributed by atoms with Gasteiger partial charge < -0.3 is 14.7 Å². The highest BCUT2D eigenvalue weighted by Crippen LogP contribution is 2.42. The van der Waals surface area contributed by atoms with E-state index in [2.05, 4.69) is 24.0 Å².